The summed E-state index contributed by atoms with van der Waals surface area (Å²) >= 11 is 8.01. The molecule has 1 nitrogen and oxygen atoms in total. The Kier molecular flexibility index (Phi) is 7.80. The lowest BCUT2D eigenvalue weighted by Gasteiger charge is -2.20. The molecular weight excluding hydrogens is 262 g/mol. The fourth-order valence-corrected chi connectivity index (χ4v) is 3.48. The maximum atomic E-state index is 6.17. The topological polar surface area (TPSA) is 12.0 Å². The van der Waals surface area contributed by atoms with Gasteiger partial charge >= 0.3 is 0 Å². The molecule has 2 unspecified atom stereocenters. The van der Waals surface area contributed by atoms with Gasteiger partial charge in [-0.25, -0.2) is 0 Å². The first kappa shape index (κ1) is 15.9. The van der Waals surface area contributed by atoms with Crippen LogP contribution in [0.3, 0.4) is 0 Å². The first-order chi connectivity index (χ1) is 8.67. The standard InChI is InChI=1S/C15H24ClNS/c1-4-7-12(2)10-13(17-3)11-18-15-9-6-5-8-14(15)16/h5-6,8-9,12-13,17H,4,7,10-11H2,1-3H3. The molecule has 0 aliphatic rings. The Morgan fingerprint density at radius 3 is 2.67 bits per heavy atom. The lowest BCUT2D eigenvalue weighted by molar-refractivity contribution is 0.420. The van der Waals surface area contributed by atoms with Crippen LogP contribution in [0.4, 0.5) is 0 Å². The average Bonchev–Trinajstić information content (AvgIpc) is 2.36. The third-order valence-electron chi connectivity index (χ3n) is 3.15. The third-order valence-corrected chi connectivity index (χ3v) is 4.83. The first-order valence-corrected chi connectivity index (χ1v) is 8.08. The van der Waals surface area contributed by atoms with Crippen molar-refractivity contribution >= 4 is 23.4 Å². The van der Waals surface area contributed by atoms with Gasteiger partial charge in [-0.2, -0.15) is 0 Å². The van der Waals surface area contributed by atoms with Crippen molar-refractivity contribution in [3.63, 3.8) is 0 Å². The largest absolute Gasteiger partial charge is 0.316 e. The highest BCUT2D eigenvalue weighted by molar-refractivity contribution is 7.99. The van der Waals surface area contributed by atoms with Gasteiger partial charge in [-0.05, 0) is 31.5 Å². The summed E-state index contributed by atoms with van der Waals surface area (Å²) in [5.74, 6) is 1.87. The fraction of sp³-hybridized carbons (Fsp3) is 0.600. The van der Waals surface area contributed by atoms with Crippen molar-refractivity contribution in [3.05, 3.63) is 29.3 Å². The van der Waals surface area contributed by atoms with Crippen LogP contribution in [0.15, 0.2) is 29.2 Å². The molecule has 0 radical (unpaired) electrons. The average molecular weight is 286 g/mol. The monoisotopic (exact) mass is 285 g/mol. The van der Waals surface area contributed by atoms with Gasteiger partial charge in [-0.1, -0.05) is 50.4 Å². The third kappa shape index (κ3) is 5.64. The van der Waals surface area contributed by atoms with Crippen LogP contribution in [-0.4, -0.2) is 18.8 Å². The fourth-order valence-electron chi connectivity index (χ4n) is 2.12. The van der Waals surface area contributed by atoms with E-state index >= 15 is 0 Å². The molecule has 0 aromatic heterocycles. The van der Waals surface area contributed by atoms with Gasteiger partial charge in [0.25, 0.3) is 0 Å². The minimum Gasteiger partial charge on any atom is -0.316 e. The van der Waals surface area contributed by atoms with Crippen LogP contribution in [0, 0.1) is 5.92 Å². The van der Waals surface area contributed by atoms with Crippen LogP contribution in [0.5, 0.6) is 0 Å². The SMILES string of the molecule is CCCC(C)CC(CSc1ccccc1Cl)NC. The molecule has 0 spiro atoms. The number of hydrogen-bond donors (Lipinski definition) is 1. The van der Waals surface area contributed by atoms with Crippen LogP contribution >= 0.6 is 23.4 Å². The molecule has 18 heavy (non-hydrogen) atoms. The Labute approximate surface area is 121 Å². The Morgan fingerprint density at radius 1 is 1.33 bits per heavy atom. The van der Waals surface area contributed by atoms with Gasteiger partial charge in [0.15, 0.2) is 0 Å². The lowest BCUT2D eigenvalue weighted by atomic mass is 9.98. The van der Waals surface area contributed by atoms with Crippen molar-refractivity contribution in [2.75, 3.05) is 12.8 Å². The van der Waals surface area contributed by atoms with Gasteiger partial charge in [-0.3, -0.25) is 0 Å². The molecule has 0 heterocycles. The van der Waals surface area contributed by atoms with Crippen molar-refractivity contribution in [1.82, 2.24) is 5.32 Å². The van der Waals surface area contributed by atoms with E-state index in [1.807, 2.05) is 30.0 Å². The first-order valence-electron chi connectivity index (χ1n) is 6.72. The van der Waals surface area contributed by atoms with Crippen LogP contribution in [0.2, 0.25) is 5.02 Å². The molecule has 0 amide bonds. The van der Waals surface area contributed by atoms with Crippen LogP contribution in [0.25, 0.3) is 0 Å². The second kappa shape index (κ2) is 8.84. The summed E-state index contributed by atoms with van der Waals surface area (Å²) in [6, 6.07) is 8.63. The molecule has 0 aliphatic heterocycles. The number of nitrogens with one attached hydrogen (secondary N) is 1. The zero-order chi connectivity index (χ0) is 13.4. The molecule has 1 N–H and O–H groups in total. The Morgan fingerprint density at radius 2 is 2.06 bits per heavy atom. The number of hydrogen-bond acceptors (Lipinski definition) is 2. The molecule has 102 valence electrons. The minimum atomic E-state index is 0.563. The minimum absolute atomic E-state index is 0.563. The number of rotatable bonds is 8. The van der Waals surface area contributed by atoms with E-state index in [1.54, 1.807) is 0 Å². The van der Waals surface area contributed by atoms with Crippen molar-refractivity contribution in [1.29, 1.82) is 0 Å². The van der Waals surface area contributed by atoms with Gasteiger partial charge in [-0.15, -0.1) is 11.8 Å². The van der Waals surface area contributed by atoms with Crippen LogP contribution < -0.4 is 5.32 Å². The van der Waals surface area contributed by atoms with Gasteiger partial charge in [0.2, 0.25) is 0 Å². The van der Waals surface area contributed by atoms with E-state index in [1.165, 1.54) is 24.2 Å². The molecule has 0 bridgehead atoms. The maximum absolute atomic E-state index is 6.17. The number of halogens is 1. The zero-order valence-corrected chi connectivity index (χ0v) is 13.2. The molecule has 0 aliphatic carbocycles. The maximum Gasteiger partial charge on any atom is 0.0541 e. The molecule has 0 saturated heterocycles. The molecule has 1 rings (SSSR count). The summed E-state index contributed by atoms with van der Waals surface area (Å²) in [5.41, 5.74) is 0. The second-order valence-corrected chi connectivity index (χ2v) is 6.33. The van der Waals surface area contributed by atoms with Crippen molar-refractivity contribution in [3.8, 4) is 0 Å². The van der Waals surface area contributed by atoms with Crippen LogP contribution in [-0.2, 0) is 0 Å². The van der Waals surface area contributed by atoms with E-state index in [-0.39, 0.29) is 0 Å². The highest BCUT2D eigenvalue weighted by atomic mass is 35.5. The van der Waals surface area contributed by atoms with E-state index in [0.717, 1.165) is 16.7 Å². The lowest BCUT2D eigenvalue weighted by Crippen LogP contribution is -2.29. The van der Waals surface area contributed by atoms with Crippen molar-refractivity contribution in [2.24, 2.45) is 5.92 Å². The molecule has 0 fully saturated rings. The number of thioether (sulfide) groups is 1. The molecule has 0 saturated carbocycles. The quantitative estimate of drug-likeness (QED) is 0.686. The predicted octanol–water partition coefficient (Wildman–Crippen LogP) is 4.85. The predicted molar refractivity (Wildman–Crippen MR) is 83.7 cm³/mol. The van der Waals surface area contributed by atoms with Gasteiger partial charge in [0.05, 0.1) is 5.02 Å². The Bertz CT molecular complexity index is 343. The highest BCUT2D eigenvalue weighted by Gasteiger charge is 2.12. The summed E-state index contributed by atoms with van der Waals surface area (Å²) in [6.07, 6.45) is 3.83. The summed E-state index contributed by atoms with van der Waals surface area (Å²) < 4.78 is 0. The van der Waals surface area contributed by atoms with Crippen molar-refractivity contribution < 1.29 is 0 Å². The van der Waals surface area contributed by atoms with E-state index in [4.69, 9.17) is 11.6 Å². The molecule has 1 aromatic rings. The van der Waals surface area contributed by atoms with E-state index in [2.05, 4.69) is 32.3 Å². The van der Waals surface area contributed by atoms with Gasteiger partial charge in [0.1, 0.15) is 0 Å². The number of benzene rings is 1. The summed E-state index contributed by atoms with van der Waals surface area (Å²) in [5, 5.41) is 4.28. The molecule has 3 heteroatoms. The van der Waals surface area contributed by atoms with Gasteiger partial charge < -0.3 is 5.32 Å². The summed E-state index contributed by atoms with van der Waals surface area (Å²) in [7, 11) is 2.05. The van der Waals surface area contributed by atoms with E-state index in [0.29, 0.717) is 6.04 Å². The van der Waals surface area contributed by atoms with Crippen molar-refractivity contribution in [2.45, 2.75) is 44.0 Å². The Balaban J connectivity index is 2.42. The van der Waals surface area contributed by atoms with Crippen LogP contribution in [0.1, 0.15) is 33.1 Å². The highest BCUT2D eigenvalue weighted by Crippen LogP contribution is 2.28. The smallest absolute Gasteiger partial charge is 0.0541 e. The zero-order valence-electron chi connectivity index (χ0n) is 11.6. The summed E-state index contributed by atoms with van der Waals surface area (Å²) in [4.78, 5) is 1.18. The molecular formula is C15H24ClNS. The normalized spacial score (nSPS) is 14.4. The summed E-state index contributed by atoms with van der Waals surface area (Å²) in [6.45, 7) is 4.59. The van der Waals surface area contributed by atoms with E-state index in [9.17, 15) is 0 Å². The Hall–Kier alpha value is -0.180. The van der Waals surface area contributed by atoms with E-state index < -0.39 is 0 Å². The van der Waals surface area contributed by atoms with Gasteiger partial charge in [0, 0.05) is 16.7 Å². The molecule has 1 aromatic carbocycles. The second-order valence-electron chi connectivity index (χ2n) is 4.86. The molecule has 2 atom stereocenters.